The summed E-state index contributed by atoms with van der Waals surface area (Å²) >= 11 is 0. The minimum Gasteiger partial charge on any atom is -0.496 e. The van der Waals surface area contributed by atoms with Crippen LogP contribution in [0.3, 0.4) is 0 Å². The van der Waals surface area contributed by atoms with Crippen molar-refractivity contribution in [1.29, 1.82) is 0 Å². The number of methoxy groups -OCH3 is 1. The average molecular weight is 361 g/mol. The Bertz CT molecular complexity index is 693. The Balaban J connectivity index is 1.97. The van der Waals surface area contributed by atoms with Crippen molar-refractivity contribution in [2.75, 3.05) is 40.3 Å². The first-order chi connectivity index (χ1) is 12.6. The number of hydrogen-bond donors (Lipinski definition) is 2. The van der Waals surface area contributed by atoms with Gasteiger partial charge < -0.3 is 14.5 Å². The molecule has 1 aromatic carbocycles. The molecular weight excluding hydrogens is 328 g/mol. The average Bonchev–Trinajstić information content (AvgIpc) is 3.10. The van der Waals surface area contributed by atoms with Crippen molar-refractivity contribution in [3.8, 4) is 5.75 Å². The van der Waals surface area contributed by atoms with Crippen LogP contribution in [0.25, 0.3) is 0 Å². The Morgan fingerprint density at radius 1 is 1.15 bits per heavy atom. The summed E-state index contributed by atoms with van der Waals surface area (Å²) in [6.07, 6.45) is 1.07. The zero-order valence-corrected chi connectivity index (χ0v) is 16.4. The Hall–Kier alpha value is -1.99. The van der Waals surface area contributed by atoms with Crippen LogP contribution in [0.15, 0.2) is 24.3 Å². The lowest BCUT2D eigenvalue weighted by molar-refractivity contribution is -1.02. The molecule has 0 unspecified atom stereocenters. The molecule has 0 aliphatic carbocycles. The van der Waals surface area contributed by atoms with Gasteiger partial charge in [0.1, 0.15) is 31.9 Å². The molecular formula is C19H32N6O+2. The lowest BCUT2D eigenvalue weighted by Gasteiger charge is -2.33. The number of rotatable bonds is 7. The third-order valence-corrected chi connectivity index (χ3v) is 5.34. The van der Waals surface area contributed by atoms with Gasteiger partial charge in [-0.3, -0.25) is 0 Å². The Labute approximate surface area is 155 Å². The summed E-state index contributed by atoms with van der Waals surface area (Å²) in [5.74, 6) is 2.48. The number of piperazine rings is 1. The maximum atomic E-state index is 5.68. The topological polar surface area (TPSA) is 61.7 Å². The predicted molar refractivity (Wildman–Crippen MR) is 99.4 cm³/mol. The first-order valence-electron chi connectivity index (χ1n) is 9.65. The zero-order valence-electron chi connectivity index (χ0n) is 16.4. The molecule has 0 radical (unpaired) electrons. The number of aromatic nitrogens is 4. The molecule has 7 nitrogen and oxygen atoms in total. The van der Waals surface area contributed by atoms with E-state index in [2.05, 4.69) is 48.6 Å². The molecule has 0 bridgehead atoms. The third kappa shape index (κ3) is 4.22. The Kier molecular flexibility index (Phi) is 6.21. The van der Waals surface area contributed by atoms with Gasteiger partial charge in [0, 0.05) is 6.54 Å². The van der Waals surface area contributed by atoms with E-state index in [0.717, 1.165) is 50.7 Å². The van der Waals surface area contributed by atoms with Crippen molar-refractivity contribution in [2.45, 2.75) is 32.9 Å². The molecule has 2 aromatic rings. The number of tetrazole rings is 1. The highest BCUT2D eigenvalue weighted by Crippen LogP contribution is 2.27. The molecule has 1 aromatic heterocycles. The fraction of sp³-hybridized carbons (Fsp3) is 0.632. The smallest absolute Gasteiger partial charge is 0.214 e. The molecule has 26 heavy (non-hydrogen) atoms. The molecule has 1 saturated heterocycles. The zero-order chi connectivity index (χ0) is 18.5. The molecule has 3 rings (SSSR count). The normalized spacial score (nSPS) is 21.7. The second-order valence-corrected chi connectivity index (χ2v) is 7.73. The first kappa shape index (κ1) is 18.8. The molecule has 7 heteroatoms. The summed E-state index contributed by atoms with van der Waals surface area (Å²) in [5.41, 5.74) is 1.17. The molecule has 1 atom stereocenters. The second-order valence-electron chi connectivity index (χ2n) is 7.73. The van der Waals surface area contributed by atoms with Crippen molar-refractivity contribution in [2.24, 2.45) is 5.92 Å². The van der Waals surface area contributed by atoms with E-state index in [0.29, 0.717) is 5.92 Å². The molecule has 0 spiro atoms. The number of nitrogens with one attached hydrogen (secondary N) is 2. The lowest BCUT2D eigenvalue weighted by Crippen LogP contribution is -3.27. The van der Waals surface area contributed by atoms with Crippen molar-refractivity contribution in [3.05, 3.63) is 35.7 Å². The third-order valence-electron chi connectivity index (χ3n) is 5.34. The van der Waals surface area contributed by atoms with Crippen molar-refractivity contribution in [1.82, 2.24) is 20.2 Å². The van der Waals surface area contributed by atoms with E-state index in [1.807, 2.05) is 16.8 Å². The Morgan fingerprint density at radius 3 is 2.58 bits per heavy atom. The van der Waals surface area contributed by atoms with Gasteiger partial charge in [-0.25, -0.2) is 4.68 Å². The summed E-state index contributed by atoms with van der Waals surface area (Å²) in [6.45, 7) is 9.84. The number of aryl methyl sites for hydroxylation is 1. The first-order valence-corrected chi connectivity index (χ1v) is 9.65. The summed E-state index contributed by atoms with van der Waals surface area (Å²) in [7, 11) is 4.00. The maximum absolute atomic E-state index is 5.68. The van der Waals surface area contributed by atoms with E-state index < -0.39 is 0 Å². The van der Waals surface area contributed by atoms with Crippen molar-refractivity contribution in [3.63, 3.8) is 0 Å². The van der Waals surface area contributed by atoms with E-state index in [4.69, 9.17) is 4.74 Å². The van der Waals surface area contributed by atoms with Crippen molar-refractivity contribution >= 4 is 0 Å². The van der Waals surface area contributed by atoms with E-state index in [9.17, 15) is 0 Å². The highest BCUT2D eigenvalue weighted by molar-refractivity contribution is 5.37. The number of nitrogens with zero attached hydrogens (tertiary/aromatic N) is 4. The molecule has 142 valence electrons. The highest BCUT2D eigenvalue weighted by atomic mass is 16.5. The summed E-state index contributed by atoms with van der Waals surface area (Å²) in [6, 6.07) is 8.38. The van der Waals surface area contributed by atoms with Crippen LogP contribution in [0.2, 0.25) is 0 Å². The lowest BCUT2D eigenvalue weighted by atomic mass is 10.0. The number of hydrogen-bond acceptors (Lipinski definition) is 4. The predicted octanol–water partition coefficient (Wildman–Crippen LogP) is -0.770. The Morgan fingerprint density at radius 2 is 1.88 bits per heavy atom. The molecule has 0 amide bonds. The van der Waals surface area contributed by atoms with Gasteiger partial charge in [0.05, 0.1) is 19.7 Å². The van der Waals surface area contributed by atoms with Gasteiger partial charge in [0.25, 0.3) is 0 Å². The van der Waals surface area contributed by atoms with Gasteiger partial charge in [-0.05, 0) is 34.9 Å². The van der Waals surface area contributed by atoms with Crippen LogP contribution >= 0.6 is 0 Å². The number of likely N-dealkylation sites (N-methyl/N-ethyl adjacent to an activating group) is 1. The van der Waals surface area contributed by atoms with Crippen LogP contribution < -0.4 is 14.5 Å². The summed E-state index contributed by atoms with van der Waals surface area (Å²) < 4.78 is 7.67. The fourth-order valence-corrected chi connectivity index (χ4v) is 3.69. The van der Waals surface area contributed by atoms with Gasteiger partial charge in [0.2, 0.25) is 5.82 Å². The molecule has 0 saturated carbocycles. The molecule has 2 heterocycles. The number of quaternary nitrogens is 2. The monoisotopic (exact) mass is 360 g/mol. The van der Waals surface area contributed by atoms with Crippen LogP contribution in [-0.2, 0) is 6.54 Å². The fourth-order valence-electron chi connectivity index (χ4n) is 3.69. The molecule has 1 fully saturated rings. The van der Waals surface area contributed by atoms with Crippen LogP contribution in [0.4, 0.5) is 0 Å². The molecule has 2 N–H and O–H groups in total. The van der Waals surface area contributed by atoms with E-state index >= 15 is 0 Å². The summed E-state index contributed by atoms with van der Waals surface area (Å²) in [5, 5.41) is 12.8. The summed E-state index contributed by atoms with van der Waals surface area (Å²) in [4.78, 5) is 3.10. The molecule has 1 aliphatic rings. The number of benzene rings is 1. The van der Waals surface area contributed by atoms with Crippen molar-refractivity contribution < 1.29 is 14.5 Å². The van der Waals surface area contributed by atoms with E-state index in [-0.39, 0.29) is 6.04 Å². The van der Waals surface area contributed by atoms with Crippen LogP contribution in [0.5, 0.6) is 5.75 Å². The van der Waals surface area contributed by atoms with Crippen LogP contribution in [0, 0.1) is 5.92 Å². The van der Waals surface area contributed by atoms with E-state index in [1.165, 1.54) is 10.5 Å². The minimum absolute atomic E-state index is 0.0985. The number of para-hydroxylation sites is 1. The SMILES string of the molecule is COc1ccccc1[C@H](c1nnnn1CCC(C)C)[NH+]1CC[NH+](C)CC1. The van der Waals surface area contributed by atoms with Gasteiger partial charge in [0.15, 0.2) is 6.04 Å². The van der Waals surface area contributed by atoms with Gasteiger partial charge in [-0.15, -0.1) is 5.10 Å². The standard InChI is InChI=1S/C19H30N6O/c1-15(2)9-10-25-19(20-21-22-25)18(24-13-11-23(3)12-14-24)16-7-5-6-8-17(16)26-4/h5-8,15,18H,9-14H2,1-4H3/p+2/t18-/m1/s1. The van der Waals surface area contributed by atoms with Gasteiger partial charge >= 0.3 is 0 Å². The quantitative estimate of drug-likeness (QED) is 0.681. The van der Waals surface area contributed by atoms with E-state index in [1.54, 1.807) is 12.0 Å². The van der Waals surface area contributed by atoms with Gasteiger partial charge in [-0.1, -0.05) is 26.0 Å². The second kappa shape index (κ2) is 8.60. The maximum Gasteiger partial charge on any atom is 0.214 e. The molecule has 1 aliphatic heterocycles. The minimum atomic E-state index is 0.0985. The highest BCUT2D eigenvalue weighted by Gasteiger charge is 2.36. The van der Waals surface area contributed by atoms with Crippen LogP contribution in [0.1, 0.15) is 37.7 Å². The largest absolute Gasteiger partial charge is 0.496 e. The van der Waals surface area contributed by atoms with Crippen LogP contribution in [-0.4, -0.2) is 60.5 Å². The number of ether oxygens (including phenoxy) is 1. The van der Waals surface area contributed by atoms with Gasteiger partial charge in [-0.2, -0.15) is 0 Å².